The van der Waals surface area contributed by atoms with Gasteiger partial charge >= 0.3 is 0 Å². The van der Waals surface area contributed by atoms with Crippen LogP contribution in [0.5, 0.6) is 0 Å². The molecule has 0 unspecified atom stereocenters. The number of rotatable bonds is 3. The van der Waals surface area contributed by atoms with Crippen LogP contribution in [0.25, 0.3) is 0 Å². The Kier molecular flexibility index (Phi) is 4.44. The van der Waals surface area contributed by atoms with Crippen LogP contribution in [-0.2, 0) is 10.0 Å². The van der Waals surface area contributed by atoms with E-state index in [1.165, 1.54) is 24.4 Å². The van der Waals surface area contributed by atoms with E-state index in [0.717, 1.165) is 0 Å². The maximum atomic E-state index is 12.3. The fourth-order valence-corrected chi connectivity index (χ4v) is 3.70. The molecule has 1 heterocycles. The maximum Gasteiger partial charge on any atom is 0.262 e. The Morgan fingerprint density at radius 2 is 1.70 bits per heavy atom. The molecule has 1 N–H and O–H groups in total. The van der Waals surface area contributed by atoms with Gasteiger partial charge < -0.3 is 0 Å². The second-order valence-electron chi connectivity index (χ2n) is 4.00. The molecule has 4 nitrogen and oxygen atoms in total. The molecule has 8 heteroatoms. The number of nitrogens with one attached hydrogen (secondary N) is 1. The Hall–Kier alpha value is -1.01. The summed E-state index contributed by atoms with van der Waals surface area (Å²) in [6.07, 6.45) is 1.49. The minimum absolute atomic E-state index is 0.0469. The lowest BCUT2D eigenvalue weighted by Gasteiger charge is -2.12. The Labute approximate surface area is 131 Å². The summed E-state index contributed by atoms with van der Waals surface area (Å²) >= 11 is 17.5. The lowest BCUT2D eigenvalue weighted by molar-refractivity contribution is 0.601. The molecule has 0 aliphatic heterocycles. The number of hydrogen-bond donors (Lipinski definition) is 1. The van der Waals surface area contributed by atoms with Gasteiger partial charge in [-0.15, -0.1) is 0 Å². The zero-order chi connectivity index (χ0) is 14.9. The molecule has 0 spiro atoms. The van der Waals surface area contributed by atoms with Crippen LogP contribution in [0, 0.1) is 6.92 Å². The number of nitrogens with zero attached hydrogens (tertiary/aromatic N) is 1. The fraction of sp³-hybridized carbons (Fsp3) is 0.0833. The van der Waals surface area contributed by atoms with Gasteiger partial charge in [0.1, 0.15) is 0 Å². The number of pyridine rings is 1. The van der Waals surface area contributed by atoms with Gasteiger partial charge in [-0.3, -0.25) is 4.72 Å². The molecule has 0 aliphatic carbocycles. The average molecular weight is 352 g/mol. The van der Waals surface area contributed by atoms with Crippen molar-refractivity contribution in [3.63, 3.8) is 0 Å². The average Bonchev–Trinajstić information content (AvgIpc) is 2.33. The zero-order valence-electron chi connectivity index (χ0n) is 10.2. The molecular weight excluding hydrogens is 343 g/mol. The van der Waals surface area contributed by atoms with E-state index in [4.69, 9.17) is 34.8 Å². The minimum atomic E-state index is -3.85. The first-order valence-electron chi connectivity index (χ1n) is 5.39. The standard InChI is InChI=1S/C12H9Cl3N2O2S/c1-7-2-3-16-12(15)11(7)17-20(18,19)10-5-8(13)4-9(14)6-10/h2-6,17H,1H3. The Morgan fingerprint density at radius 1 is 1.10 bits per heavy atom. The summed E-state index contributed by atoms with van der Waals surface area (Å²) in [4.78, 5) is 3.79. The summed E-state index contributed by atoms with van der Waals surface area (Å²) in [7, 11) is -3.85. The molecule has 20 heavy (non-hydrogen) atoms. The summed E-state index contributed by atoms with van der Waals surface area (Å²) in [6.45, 7) is 1.72. The van der Waals surface area contributed by atoms with Gasteiger partial charge in [-0.25, -0.2) is 13.4 Å². The molecule has 0 radical (unpaired) electrons. The molecule has 2 aromatic rings. The van der Waals surface area contributed by atoms with E-state index in [2.05, 4.69) is 9.71 Å². The first-order valence-corrected chi connectivity index (χ1v) is 8.01. The van der Waals surface area contributed by atoms with E-state index < -0.39 is 10.0 Å². The highest BCUT2D eigenvalue weighted by Gasteiger charge is 2.18. The van der Waals surface area contributed by atoms with Crippen molar-refractivity contribution in [1.82, 2.24) is 4.98 Å². The number of anilines is 1. The largest absolute Gasteiger partial charge is 0.276 e. The van der Waals surface area contributed by atoms with Gasteiger partial charge in [0.05, 0.1) is 10.6 Å². The first-order chi connectivity index (χ1) is 9.29. The number of halogens is 3. The van der Waals surface area contributed by atoms with Crippen molar-refractivity contribution in [3.8, 4) is 0 Å². The highest BCUT2D eigenvalue weighted by atomic mass is 35.5. The maximum absolute atomic E-state index is 12.3. The number of aryl methyl sites for hydroxylation is 1. The second-order valence-corrected chi connectivity index (χ2v) is 6.92. The fourth-order valence-electron chi connectivity index (χ4n) is 1.52. The summed E-state index contributed by atoms with van der Waals surface area (Å²) in [6, 6.07) is 5.70. The van der Waals surface area contributed by atoms with E-state index in [0.29, 0.717) is 5.56 Å². The molecule has 0 atom stereocenters. The van der Waals surface area contributed by atoms with Crippen LogP contribution in [0.3, 0.4) is 0 Å². The van der Waals surface area contributed by atoms with Crippen molar-refractivity contribution in [2.75, 3.05) is 4.72 Å². The van der Waals surface area contributed by atoms with E-state index in [9.17, 15) is 8.42 Å². The van der Waals surface area contributed by atoms with E-state index in [-0.39, 0.29) is 25.8 Å². The molecule has 0 saturated heterocycles. The molecule has 1 aromatic carbocycles. The van der Waals surface area contributed by atoms with Crippen LogP contribution in [0.4, 0.5) is 5.69 Å². The third-order valence-corrected chi connectivity index (χ3v) is 4.55. The lowest BCUT2D eigenvalue weighted by Crippen LogP contribution is -2.14. The van der Waals surface area contributed by atoms with Crippen LogP contribution in [0.1, 0.15) is 5.56 Å². The van der Waals surface area contributed by atoms with E-state index >= 15 is 0 Å². The van der Waals surface area contributed by atoms with Gasteiger partial charge in [-0.1, -0.05) is 34.8 Å². The van der Waals surface area contributed by atoms with Gasteiger partial charge in [0.15, 0.2) is 5.15 Å². The molecule has 0 bridgehead atoms. The number of sulfonamides is 1. The summed E-state index contributed by atoms with van der Waals surface area (Å²) in [5.74, 6) is 0. The van der Waals surface area contributed by atoms with Crippen molar-refractivity contribution in [1.29, 1.82) is 0 Å². The van der Waals surface area contributed by atoms with Crippen molar-refractivity contribution < 1.29 is 8.42 Å². The predicted octanol–water partition coefficient (Wildman–Crippen LogP) is 4.15. The second kappa shape index (κ2) is 5.77. The zero-order valence-corrected chi connectivity index (χ0v) is 13.3. The Balaban J connectivity index is 2.46. The molecule has 106 valence electrons. The predicted molar refractivity (Wildman–Crippen MR) is 81.3 cm³/mol. The Morgan fingerprint density at radius 3 is 2.25 bits per heavy atom. The van der Waals surface area contributed by atoms with E-state index in [1.54, 1.807) is 13.0 Å². The molecular formula is C12H9Cl3N2O2S. The number of benzene rings is 1. The first kappa shape index (κ1) is 15.4. The molecule has 2 rings (SSSR count). The van der Waals surface area contributed by atoms with Gasteiger partial charge in [0.2, 0.25) is 0 Å². The van der Waals surface area contributed by atoms with Gasteiger partial charge in [0, 0.05) is 16.2 Å². The van der Waals surface area contributed by atoms with Crippen molar-refractivity contribution in [2.24, 2.45) is 0 Å². The minimum Gasteiger partial charge on any atom is -0.276 e. The highest BCUT2D eigenvalue weighted by Crippen LogP contribution is 2.28. The Bertz CT molecular complexity index is 723. The topological polar surface area (TPSA) is 59.1 Å². The summed E-state index contributed by atoms with van der Waals surface area (Å²) < 4.78 is 27.0. The molecule has 0 amide bonds. The van der Waals surface area contributed by atoms with Crippen LogP contribution >= 0.6 is 34.8 Å². The third kappa shape index (κ3) is 3.35. The van der Waals surface area contributed by atoms with E-state index in [1.807, 2.05) is 0 Å². The SMILES string of the molecule is Cc1ccnc(Cl)c1NS(=O)(=O)c1cc(Cl)cc(Cl)c1. The number of aromatic nitrogens is 1. The molecule has 0 fully saturated rings. The van der Waals surface area contributed by atoms with Crippen LogP contribution < -0.4 is 4.72 Å². The summed E-state index contributed by atoms with van der Waals surface area (Å²) in [5, 5.41) is 0.528. The smallest absolute Gasteiger partial charge is 0.262 e. The van der Waals surface area contributed by atoms with Gasteiger partial charge in [-0.2, -0.15) is 0 Å². The third-order valence-electron chi connectivity index (χ3n) is 2.50. The molecule has 1 aromatic heterocycles. The van der Waals surface area contributed by atoms with Gasteiger partial charge in [-0.05, 0) is 36.8 Å². The lowest BCUT2D eigenvalue weighted by atomic mass is 10.3. The summed E-state index contributed by atoms with van der Waals surface area (Å²) in [5.41, 5.74) is 0.881. The van der Waals surface area contributed by atoms with Gasteiger partial charge in [0.25, 0.3) is 10.0 Å². The van der Waals surface area contributed by atoms with Crippen molar-refractivity contribution >= 4 is 50.5 Å². The monoisotopic (exact) mass is 350 g/mol. The van der Waals surface area contributed by atoms with Crippen LogP contribution in [0.2, 0.25) is 15.2 Å². The molecule has 0 aliphatic rings. The quantitative estimate of drug-likeness (QED) is 0.845. The molecule has 0 saturated carbocycles. The number of hydrogen-bond acceptors (Lipinski definition) is 3. The van der Waals surface area contributed by atoms with Crippen LogP contribution in [0.15, 0.2) is 35.4 Å². The normalized spacial score (nSPS) is 11.4. The van der Waals surface area contributed by atoms with Crippen molar-refractivity contribution in [2.45, 2.75) is 11.8 Å². The van der Waals surface area contributed by atoms with Crippen LogP contribution in [-0.4, -0.2) is 13.4 Å². The highest BCUT2D eigenvalue weighted by molar-refractivity contribution is 7.92. The van der Waals surface area contributed by atoms with Crippen molar-refractivity contribution in [3.05, 3.63) is 51.2 Å².